The summed E-state index contributed by atoms with van der Waals surface area (Å²) in [6, 6.07) is 11.7. The fraction of sp³-hybridized carbons (Fsp3) is 0.250. The molecule has 0 radical (unpaired) electrons. The van der Waals surface area contributed by atoms with Gasteiger partial charge in [0.05, 0.1) is 16.6 Å². The quantitative estimate of drug-likeness (QED) is 0.569. The summed E-state index contributed by atoms with van der Waals surface area (Å²) >= 11 is 3.39. The second-order valence-corrected chi connectivity index (χ2v) is 5.66. The van der Waals surface area contributed by atoms with E-state index in [1.165, 1.54) is 0 Å². The highest BCUT2D eigenvalue weighted by molar-refractivity contribution is 9.09. The van der Waals surface area contributed by atoms with E-state index in [4.69, 9.17) is 0 Å². The van der Waals surface area contributed by atoms with Crippen molar-refractivity contribution in [2.24, 2.45) is 0 Å². The first-order valence-electron chi connectivity index (χ1n) is 7.01. The van der Waals surface area contributed by atoms with Gasteiger partial charge in [0, 0.05) is 18.1 Å². The molecule has 0 aliphatic carbocycles. The summed E-state index contributed by atoms with van der Waals surface area (Å²) in [5.41, 5.74) is 3.16. The standard InChI is InChI=1S/C16H16BrN3O/c17-9-3-4-10-18-16(21)15-14-8-5-11-20(14)13-7-2-1-6-12(13)19-15/h1-2,5-8,11H,3-4,9-10H2,(H,18,21). The maximum absolute atomic E-state index is 12.4. The molecule has 0 atom stereocenters. The average molecular weight is 346 g/mol. The van der Waals surface area contributed by atoms with E-state index in [0.717, 1.165) is 34.7 Å². The van der Waals surface area contributed by atoms with Gasteiger partial charge in [0.2, 0.25) is 0 Å². The number of aromatic nitrogens is 2. The minimum absolute atomic E-state index is 0.112. The molecule has 0 aliphatic rings. The molecule has 108 valence electrons. The number of nitrogens with zero attached hydrogens (tertiary/aromatic N) is 2. The summed E-state index contributed by atoms with van der Waals surface area (Å²) in [6.45, 7) is 0.672. The lowest BCUT2D eigenvalue weighted by molar-refractivity contribution is 0.0950. The fourth-order valence-electron chi connectivity index (χ4n) is 2.40. The zero-order valence-electron chi connectivity index (χ0n) is 11.6. The summed E-state index contributed by atoms with van der Waals surface area (Å²) in [5, 5.41) is 3.90. The summed E-state index contributed by atoms with van der Waals surface area (Å²) in [7, 11) is 0. The van der Waals surface area contributed by atoms with Crippen LogP contribution >= 0.6 is 15.9 Å². The molecule has 0 bridgehead atoms. The van der Waals surface area contributed by atoms with E-state index in [-0.39, 0.29) is 5.91 Å². The Labute approximate surface area is 131 Å². The molecule has 21 heavy (non-hydrogen) atoms. The Morgan fingerprint density at radius 1 is 1.14 bits per heavy atom. The van der Waals surface area contributed by atoms with Gasteiger partial charge in [0.15, 0.2) is 5.69 Å². The van der Waals surface area contributed by atoms with E-state index in [1.807, 2.05) is 47.0 Å². The first-order chi connectivity index (χ1) is 10.3. The van der Waals surface area contributed by atoms with Crippen LogP contribution in [0.4, 0.5) is 0 Å². The highest BCUT2D eigenvalue weighted by Crippen LogP contribution is 2.18. The lowest BCUT2D eigenvalue weighted by Crippen LogP contribution is -2.26. The molecule has 0 saturated heterocycles. The SMILES string of the molecule is O=C(NCCCCBr)c1nc2ccccc2n2cccc12. The molecule has 0 aliphatic heterocycles. The topological polar surface area (TPSA) is 46.4 Å². The number of fused-ring (bicyclic) bond motifs is 3. The van der Waals surface area contributed by atoms with Crippen LogP contribution in [0.5, 0.6) is 0 Å². The normalized spacial score (nSPS) is 11.1. The Kier molecular flexibility index (Phi) is 4.20. The maximum atomic E-state index is 12.4. The van der Waals surface area contributed by atoms with Gasteiger partial charge in [-0.2, -0.15) is 0 Å². The van der Waals surface area contributed by atoms with Crippen LogP contribution in [-0.4, -0.2) is 27.2 Å². The van der Waals surface area contributed by atoms with Gasteiger partial charge in [-0.3, -0.25) is 4.79 Å². The number of halogens is 1. The predicted molar refractivity (Wildman–Crippen MR) is 88.1 cm³/mol. The van der Waals surface area contributed by atoms with Crippen molar-refractivity contribution in [1.29, 1.82) is 0 Å². The molecular weight excluding hydrogens is 330 g/mol. The van der Waals surface area contributed by atoms with Crippen LogP contribution in [0.25, 0.3) is 16.6 Å². The molecule has 0 unspecified atom stereocenters. The molecule has 0 fully saturated rings. The Hall–Kier alpha value is -1.88. The highest BCUT2D eigenvalue weighted by Gasteiger charge is 2.14. The predicted octanol–water partition coefficient (Wildman–Crippen LogP) is 3.39. The van der Waals surface area contributed by atoms with Crippen LogP contribution in [0.3, 0.4) is 0 Å². The number of alkyl halides is 1. The van der Waals surface area contributed by atoms with Crippen molar-refractivity contribution in [1.82, 2.24) is 14.7 Å². The number of unbranched alkanes of at least 4 members (excludes halogenated alkanes) is 1. The monoisotopic (exact) mass is 345 g/mol. The highest BCUT2D eigenvalue weighted by atomic mass is 79.9. The lowest BCUT2D eigenvalue weighted by atomic mass is 10.2. The molecular formula is C16H16BrN3O. The van der Waals surface area contributed by atoms with Crippen LogP contribution in [0.2, 0.25) is 0 Å². The second-order valence-electron chi connectivity index (χ2n) is 4.86. The van der Waals surface area contributed by atoms with Crippen molar-refractivity contribution in [2.75, 3.05) is 11.9 Å². The van der Waals surface area contributed by atoms with Gasteiger partial charge in [-0.05, 0) is 37.1 Å². The van der Waals surface area contributed by atoms with Crippen molar-refractivity contribution in [3.63, 3.8) is 0 Å². The van der Waals surface area contributed by atoms with Gasteiger partial charge in [0.25, 0.3) is 5.91 Å². The van der Waals surface area contributed by atoms with Crippen LogP contribution in [0.1, 0.15) is 23.3 Å². The summed E-state index contributed by atoms with van der Waals surface area (Å²) in [5.74, 6) is -0.112. The van der Waals surface area contributed by atoms with Crippen molar-refractivity contribution < 1.29 is 4.79 Å². The van der Waals surface area contributed by atoms with Gasteiger partial charge >= 0.3 is 0 Å². The number of benzene rings is 1. The third-order valence-electron chi connectivity index (χ3n) is 3.43. The number of carbonyl (C=O) groups excluding carboxylic acids is 1. The second kappa shape index (κ2) is 6.26. The first kappa shape index (κ1) is 14.1. The molecule has 3 aromatic rings. The smallest absolute Gasteiger partial charge is 0.272 e. The van der Waals surface area contributed by atoms with Crippen molar-refractivity contribution in [3.8, 4) is 0 Å². The minimum atomic E-state index is -0.112. The molecule has 5 heteroatoms. The van der Waals surface area contributed by atoms with Crippen LogP contribution < -0.4 is 5.32 Å². The molecule has 0 saturated carbocycles. The zero-order chi connectivity index (χ0) is 14.7. The van der Waals surface area contributed by atoms with Crippen molar-refractivity contribution >= 4 is 38.4 Å². The Morgan fingerprint density at radius 2 is 1.95 bits per heavy atom. The van der Waals surface area contributed by atoms with Gasteiger partial charge in [0.1, 0.15) is 0 Å². The van der Waals surface area contributed by atoms with E-state index in [1.54, 1.807) is 0 Å². The maximum Gasteiger partial charge on any atom is 0.272 e. The molecule has 1 aromatic carbocycles. The fourth-order valence-corrected chi connectivity index (χ4v) is 2.79. The van der Waals surface area contributed by atoms with E-state index < -0.39 is 0 Å². The lowest BCUT2D eigenvalue weighted by Gasteiger charge is -2.09. The largest absolute Gasteiger partial charge is 0.351 e. The average Bonchev–Trinajstić information content (AvgIpc) is 3.00. The number of carbonyl (C=O) groups is 1. The summed E-state index contributed by atoms with van der Waals surface area (Å²) < 4.78 is 2.01. The molecule has 4 nitrogen and oxygen atoms in total. The van der Waals surface area contributed by atoms with Gasteiger partial charge in [-0.15, -0.1) is 0 Å². The molecule has 0 spiro atoms. The van der Waals surface area contributed by atoms with E-state index in [0.29, 0.717) is 12.2 Å². The Balaban J connectivity index is 1.96. The zero-order valence-corrected chi connectivity index (χ0v) is 13.1. The summed E-state index contributed by atoms with van der Waals surface area (Å²) in [6.07, 6.45) is 3.97. The van der Waals surface area contributed by atoms with Crippen LogP contribution in [-0.2, 0) is 0 Å². The number of rotatable bonds is 5. The van der Waals surface area contributed by atoms with Gasteiger partial charge < -0.3 is 9.72 Å². The van der Waals surface area contributed by atoms with Gasteiger partial charge in [-0.25, -0.2) is 4.98 Å². The third kappa shape index (κ3) is 2.78. The molecule has 3 rings (SSSR count). The number of hydrogen-bond acceptors (Lipinski definition) is 2. The molecule has 2 heterocycles. The molecule has 1 amide bonds. The van der Waals surface area contributed by atoms with E-state index in [2.05, 4.69) is 26.2 Å². The number of hydrogen-bond donors (Lipinski definition) is 1. The van der Waals surface area contributed by atoms with E-state index in [9.17, 15) is 4.79 Å². The summed E-state index contributed by atoms with van der Waals surface area (Å²) in [4.78, 5) is 16.9. The van der Waals surface area contributed by atoms with Crippen LogP contribution in [0.15, 0.2) is 42.6 Å². The third-order valence-corrected chi connectivity index (χ3v) is 3.99. The first-order valence-corrected chi connectivity index (χ1v) is 8.13. The number of nitrogens with one attached hydrogen (secondary N) is 1. The number of para-hydroxylation sites is 2. The van der Waals surface area contributed by atoms with E-state index >= 15 is 0 Å². The number of amides is 1. The Bertz CT molecular complexity index is 781. The molecule has 2 aromatic heterocycles. The molecule has 1 N–H and O–H groups in total. The van der Waals surface area contributed by atoms with Crippen molar-refractivity contribution in [3.05, 3.63) is 48.3 Å². The van der Waals surface area contributed by atoms with Gasteiger partial charge in [-0.1, -0.05) is 28.1 Å². The van der Waals surface area contributed by atoms with Crippen LogP contribution in [0, 0.1) is 0 Å². The Morgan fingerprint density at radius 3 is 2.81 bits per heavy atom. The van der Waals surface area contributed by atoms with Crippen molar-refractivity contribution in [2.45, 2.75) is 12.8 Å². The minimum Gasteiger partial charge on any atom is -0.351 e.